The van der Waals surface area contributed by atoms with Crippen LogP contribution in [-0.2, 0) is 14.5 Å². The van der Waals surface area contributed by atoms with E-state index < -0.39 is 5.79 Å². The zero-order valence-electron chi connectivity index (χ0n) is 17.8. The highest BCUT2D eigenvalue weighted by atomic mass is 17.2. The molecule has 6 nitrogen and oxygen atoms in total. The van der Waals surface area contributed by atoms with Gasteiger partial charge >= 0.3 is 0 Å². The maximum atomic E-state index is 12.8. The fourth-order valence-corrected chi connectivity index (χ4v) is 7.87. The Labute approximate surface area is 182 Å². The van der Waals surface area contributed by atoms with Crippen molar-refractivity contribution >= 4 is 11.8 Å². The van der Waals surface area contributed by atoms with E-state index in [-0.39, 0.29) is 23.5 Å². The quantitative estimate of drug-likeness (QED) is 0.503. The van der Waals surface area contributed by atoms with Crippen LogP contribution in [0, 0.1) is 23.7 Å². The predicted octanol–water partition coefficient (Wildman–Crippen LogP) is 4.09. The second kappa shape index (κ2) is 6.40. The molecule has 0 unspecified atom stereocenters. The molecule has 2 aliphatic heterocycles. The largest absolute Gasteiger partial charge is 0.344 e. The standard InChI is InChI=1S/C25H29NO5/c27-22-20-3-1-2-4-21(20)23(28)26(22)19-5-7-24(8-6-19)29-14-25(31-30-24)17-10-15-9-16(12-17)13-18(25)11-15/h1-4,15-19H,5-14H2. The van der Waals surface area contributed by atoms with Crippen molar-refractivity contribution in [2.45, 2.75) is 75.2 Å². The maximum absolute atomic E-state index is 12.8. The van der Waals surface area contributed by atoms with Gasteiger partial charge in [0, 0.05) is 18.9 Å². The molecule has 5 aliphatic carbocycles. The second-order valence-electron chi connectivity index (χ2n) is 10.9. The van der Waals surface area contributed by atoms with Crippen molar-refractivity contribution in [2.75, 3.05) is 6.61 Å². The van der Waals surface area contributed by atoms with Gasteiger partial charge in [-0.3, -0.25) is 14.5 Å². The number of rotatable bonds is 1. The Morgan fingerprint density at radius 2 is 1.39 bits per heavy atom. The Bertz CT molecular complexity index is 874. The lowest BCUT2D eigenvalue weighted by Crippen LogP contribution is -2.66. The number of nitrogens with zero attached hydrogens (tertiary/aromatic N) is 1. The second-order valence-corrected chi connectivity index (χ2v) is 10.9. The topological polar surface area (TPSA) is 65.1 Å². The predicted molar refractivity (Wildman–Crippen MR) is 110 cm³/mol. The number of benzene rings is 1. The molecule has 5 saturated carbocycles. The third-order valence-corrected chi connectivity index (χ3v) is 9.34. The molecule has 31 heavy (non-hydrogen) atoms. The number of imide groups is 1. The first-order valence-corrected chi connectivity index (χ1v) is 12.0. The molecule has 1 aromatic carbocycles. The molecule has 8 rings (SSSR count). The van der Waals surface area contributed by atoms with Crippen molar-refractivity contribution in [3.63, 3.8) is 0 Å². The third kappa shape index (κ3) is 2.55. The first-order valence-electron chi connectivity index (χ1n) is 12.0. The van der Waals surface area contributed by atoms with Crippen LogP contribution in [0.5, 0.6) is 0 Å². The molecule has 1 aromatic rings. The molecule has 164 valence electrons. The fourth-order valence-electron chi connectivity index (χ4n) is 7.87. The SMILES string of the molecule is O=C1c2ccccc2C(=O)N1C1CCC2(CC1)OCC1(OO2)C2CC3CC(C2)CC1C3. The molecule has 4 bridgehead atoms. The summed E-state index contributed by atoms with van der Waals surface area (Å²) in [6.07, 6.45) is 9.08. The summed E-state index contributed by atoms with van der Waals surface area (Å²) >= 11 is 0. The van der Waals surface area contributed by atoms with Gasteiger partial charge in [-0.25, -0.2) is 9.78 Å². The summed E-state index contributed by atoms with van der Waals surface area (Å²) in [5.41, 5.74) is 0.785. The minimum absolute atomic E-state index is 0.109. The lowest BCUT2D eigenvalue weighted by Gasteiger charge is -2.62. The van der Waals surface area contributed by atoms with E-state index in [1.165, 1.54) is 37.0 Å². The molecule has 2 heterocycles. The Morgan fingerprint density at radius 1 is 0.806 bits per heavy atom. The summed E-state index contributed by atoms with van der Waals surface area (Å²) in [4.78, 5) is 39.6. The van der Waals surface area contributed by atoms with Crippen LogP contribution >= 0.6 is 0 Å². The Hall–Kier alpha value is -1.76. The Balaban J connectivity index is 1.04. The van der Waals surface area contributed by atoms with E-state index >= 15 is 0 Å². The molecule has 0 N–H and O–H groups in total. The van der Waals surface area contributed by atoms with E-state index in [0.717, 1.165) is 11.8 Å². The molecule has 0 radical (unpaired) electrons. The van der Waals surface area contributed by atoms with Gasteiger partial charge in [0.2, 0.25) is 5.79 Å². The van der Waals surface area contributed by atoms with Crippen molar-refractivity contribution in [2.24, 2.45) is 23.7 Å². The zero-order valence-corrected chi connectivity index (χ0v) is 17.8. The van der Waals surface area contributed by atoms with E-state index in [0.29, 0.717) is 55.3 Å². The van der Waals surface area contributed by atoms with Crippen LogP contribution in [0.3, 0.4) is 0 Å². The minimum Gasteiger partial charge on any atom is -0.344 e. The van der Waals surface area contributed by atoms with Gasteiger partial charge in [-0.15, -0.1) is 0 Å². The summed E-state index contributed by atoms with van der Waals surface area (Å²) in [6, 6.07) is 6.99. The Kier molecular flexibility index (Phi) is 3.87. The van der Waals surface area contributed by atoms with Crippen molar-refractivity contribution in [3.8, 4) is 0 Å². The maximum Gasteiger partial charge on any atom is 0.261 e. The minimum atomic E-state index is -0.727. The van der Waals surface area contributed by atoms with Gasteiger partial charge < -0.3 is 4.74 Å². The lowest BCUT2D eigenvalue weighted by atomic mass is 9.50. The summed E-state index contributed by atoms with van der Waals surface area (Å²) in [5, 5.41) is 0. The molecular formula is C25H29NO5. The molecular weight excluding hydrogens is 394 g/mol. The van der Waals surface area contributed by atoms with E-state index in [4.69, 9.17) is 14.5 Å². The highest BCUT2D eigenvalue weighted by molar-refractivity contribution is 6.21. The summed E-state index contributed by atoms with van der Waals surface area (Å²) in [5.74, 6) is 1.82. The number of carbonyl (C=O) groups excluding carboxylic acids is 2. The summed E-state index contributed by atoms with van der Waals surface area (Å²) in [6.45, 7) is 0.624. The van der Waals surface area contributed by atoms with E-state index in [1.807, 2.05) is 12.1 Å². The van der Waals surface area contributed by atoms with E-state index in [1.54, 1.807) is 12.1 Å². The molecule has 0 aromatic heterocycles. The average molecular weight is 424 g/mol. The van der Waals surface area contributed by atoms with E-state index in [9.17, 15) is 9.59 Å². The Morgan fingerprint density at radius 3 is 1.90 bits per heavy atom. The van der Waals surface area contributed by atoms with Crippen molar-refractivity contribution in [1.82, 2.24) is 4.90 Å². The summed E-state index contributed by atoms with van der Waals surface area (Å²) in [7, 11) is 0. The summed E-state index contributed by atoms with van der Waals surface area (Å²) < 4.78 is 6.48. The monoisotopic (exact) mass is 423 g/mol. The van der Waals surface area contributed by atoms with Crippen LogP contribution in [0.2, 0.25) is 0 Å². The van der Waals surface area contributed by atoms with Crippen LogP contribution in [0.1, 0.15) is 78.5 Å². The highest BCUT2D eigenvalue weighted by Gasteiger charge is 2.62. The molecule has 6 heteroatoms. The molecule has 1 saturated heterocycles. The van der Waals surface area contributed by atoms with Crippen molar-refractivity contribution in [3.05, 3.63) is 35.4 Å². The van der Waals surface area contributed by atoms with Gasteiger partial charge in [-0.1, -0.05) is 12.1 Å². The number of hydrogen-bond donors (Lipinski definition) is 0. The van der Waals surface area contributed by atoms with Crippen LogP contribution in [0.15, 0.2) is 24.3 Å². The van der Waals surface area contributed by atoms with Gasteiger partial charge in [0.05, 0.1) is 17.7 Å². The highest BCUT2D eigenvalue weighted by Crippen LogP contribution is 2.61. The number of ether oxygens (including phenoxy) is 1. The first kappa shape index (κ1) is 18.8. The van der Waals surface area contributed by atoms with Gasteiger partial charge in [-0.2, -0.15) is 0 Å². The molecule has 2 spiro atoms. The molecule has 0 atom stereocenters. The van der Waals surface area contributed by atoms with Crippen LogP contribution in [0.4, 0.5) is 0 Å². The number of fused-ring (bicyclic) bond motifs is 1. The van der Waals surface area contributed by atoms with Gasteiger partial charge in [-0.05, 0) is 80.8 Å². The zero-order chi connectivity index (χ0) is 20.8. The van der Waals surface area contributed by atoms with Crippen LogP contribution < -0.4 is 0 Å². The van der Waals surface area contributed by atoms with Crippen molar-refractivity contribution < 1.29 is 24.1 Å². The fraction of sp³-hybridized carbons (Fsp3) is 0.680. The van der Waals surface area contributed by atoms with E-state index in [2.05, 4.69) is 0 Å². The average Bonchev–Trinajstić information content (AvgIpc) is 3.04. The number of carbonyl (C=O) groups is 2. The van der Waals surface area contributed by atoms with Crippen LogP contribution in [0.25, 0.3) is 0 Å². The first-order chi connectivity index (χ1) is 15.1. The molecule has 2 amide bonds. The smallest absolute Gasteiger partial charge is 0.261 e. The van der Waals surface area contributed by atoms with Gasteiger partial charge in [0.1, 0.15) is 5.60 Å². The normalized spacial score (nSPS) is 45.7. The van der Waals surface area contributed by atoms with Gasteiger partial charge in [0.15, 0.2) is 0 Å². The molecule has 7 aliphatic rings. The third-order valence-electron chi connectivity index (χ3n) is 9.34. The number of hydrogen-bond acceptors (Lipinski definition) is 5. The number of amides is 2. The van der Waals surface area contributed by atoms with Crippen molar-refractivity contribution in [1.29, 1.82) is 0 Å². The van der Waals surface area contributed by atoms with Gasteiger partial charge in [0.25, 0.3) is 11.8 Å². The van der Waals surface area contributed by atoms with Crippen LogP contribution in [-0.4, -0.2) is 40.8 Å². The lowest BCUT2D eigenvalue weighted by molar-refractivity contribution is -0.538. The molecule has 6 fully saturated rings.